The van der Waals surface area contributed by atoms with Gasteiger partial charge in [0.05, 0.1) is 22.7 Å². The summed E-state index contributed by atoms with van der Waals surface area (Å²) < 4.78 is 15.2. The molecule has 0 atom stereocenters. The van der Waals surface area contributed by atoms with Crippen LogP contribution in [-0.4, -0.2) is 9.55 Å². The van der Waals surface area contributed by atoms with Crippen molar-refractivity contribution in [2.45, 2.75) is 20.0 Å². The number of imidazole rings is 1. The Labute approximate surface area is 139 Å². The van der Waals surface area contributed by atoms with E-state index >= 15 is 0 Å². The van der Waals surface area contributed by atoms with E-state index in [0.717, 1.165) is 5.69 Å². The highest BCUT2D eigenvalue weighted by Crippen LogP contribution is 2.30. The van der Waals surface area contributed by atoms with Crippen molar-refractivity contribution in [3.63, 3.8) is 0 Å². The molecule has 2 N–H and O–H groups in total. The van der Waals surface area contributed by atoms with Gasteiger partial charge in [0, 0.05) is 18.7 Å². The van der Waals surface area contributed by atoms with Crippen molar-refractivity contribution in [1.82, 2.24) is 9.55 Å². The average molecular weight is 330 g/mol. The largest absolute Gasteiger partial charge is 0.328 e. The maximum Gasteiger partial charge on any atom is 0.124 e. The molecule has 1 aromatic heterocycles. The first-order chi connectivity index (χ1) is 11.1. The molecule has 3 aromatic rings. The Morgan fingerprint density at radius 3 is 2.57 bits per heavy atom. The molecule has 0 aliphatic carbocycles. The highest BCUT2D eigenvalue weighted by atomic mass is 35.5. The number of nitrogens with zero attached hydrogens (tertiary/aromatic N) is 2. The Balaban J connectivity index is 1.98. The Bertz CT molecular complexity index is 825. The molecule has 0 fully saturated rings. The molecule has 0 saturated carbocycles. The number of aryl methyl sites for hydroxylation is 1. The summed E-state index contributed by atoms with van der Waals surface area (Å²) in [4.78, 5) is 4.44. The van der Waals surface area contributed by atoms with Crippen LogP contribution in [0.25, 0.3) is 11.3 Å². The zero-order valence-electron chi connectivity index (χ0n) is 12.8. The van der Waals surface area contributed by atoms with Gasteiger partial charge in [-0.1, -0.05) is 41.4 Å². The van der Waals surface area contributed by atoms with Gasteiger partial charge in [0.1, 0.15) is 5.82 Å². The fourth-order valence-electron chi connectivity index (χ4n) is 2.55. The molecule has 2 aromatic carbocycles. The predicted molar refractivity (Wildman–Crippen MR) is 90.8 cm³/mol. The number of halogens is 2. The van der Waals surface area contributed by atoms with Gasteiger partial charge in [-0.25, -0.2) is 9.37 Å². The van der Waals surface area contributed by atoms with Gasteiger partial charge >= 0.3 is 0 Å². The topological polar surface area (TPSA) is 43.8 Å². The molecular weight excluding hydrogens is 313 g/mol. The second kappa shape index (κ2) is 6.52. The first kappa shape index (κ1) is 15.7. The highest BCUT2D eigenvalue weighted by molar-refractivity contribution is 6.33. The van der Waals surface area contributed by atoms with Gasteiger partial charge in [0.2, 0.25) is 0 Å². The molecule has 3 rings (SSSR count). The number of hydrogen-bond donors (Lipinski definition) is 1. The van der Waals surface area contributed by atoms with Crippen molar-refractivity contribution in [2.75, 3.05) is 0 Å². The second-order valence-electron chi connectivity index (χ2n) is 5.48. The molecule has 0 radical (unpaired) electrons. The summed E-state index contributed by atoms with van der Waals surface area (Å²) in [5.74, 6) is -0.368. The quantitative estimate of drug-likeness (QED) is 0.781. The van der Waals surface area contributed by atoms with E-state index in [4.69, 9.17) is 17.3 Å². The van der Waals surface area contributed by atoms with E-state index in [-0.39, 0.29) is 5.82 Å². The van der Waals surface area contributed by atoms with Gasteiger partial charge in [-0.05, 0) is 30.7 Å². The van der Waals surface area contributed by atoms with Crippen LogP contribution in [0.4, 0.5) is 4.39 Å². The van der Waals surface area contributed by atoms with Gasteiger partial charge in [0.15, 0.2) is 0 Å². The highest BCUT2D eigenvalue weighted by Gasteiger charge is 2.15. The average Bonchev–Trinajstić information content (AvgIpc) is 2.92. The maximum absolute atomic E-state index is 13.2. The van der Waals surface area contributed by atoms with Crippen molar-refractivity contribution >= 4 is 11.6 Å². The number of nitrogens with two attached hydrogens (primary N) is 1. The van der Waals surface area contributed by atoms with Gasteiger partial charge in [0.25, 0.3) is 0 Å². The maximum atomic E-state index is 13.2. The van der Waals surface area contributed by atoms with Gasteiger partial charge < -0.3 is 10.3 Å². The van der Waals surface area contributed by atoms with Crippen LogP contribution >= 0.6 is 11.6 Å². The minimum Gasteiger partial charge on any atom is -0.328 e. The van der Waals surface area contributed by atoms with Crippen LogP contribution in [0.5, 0.6) is 0 Å². The normalized spacial score (nSPS) is 11.0. The monoisotopic (exact) mass is 329 g/mol. The Kier molecular flexibility index (Phi) is 4.46. The molecule has 118 valence electrons. The molecule has 0 unspecified atom stereocenters. The predicted octanol–water partition coefficient (Wildman–Crippen LogP) is 4.16. The van der Waals surface area contributed by atoms with Gasteiger partial charge in [-0.15, -0.1) is 0 Å². The molecule has 3 nitrogen and oxygen atoms in total. The van der Waals surface area contributed by atoms with Crippen LogP contribution in [0.3, 0.4) is 0 Å². The molecule has 0 aliphatic heterocycles. The van der Waals surface area contributed by atoms with Crippen LogP contribution in [0.1, 0.15) is 16.8 Å². The SMILES string of the molecule is Cc1ccc(Cn2cnc(-c3ccc(F)cc3Cl)c2CN)cc1. The fraction of sp³-hybridized carbons (Fsp3) is 0.167. The summed E-state index contributed by atoms with van der Waals surface area (Å²) in [5, 5.41) is 0.334. The lowest BCUT2D eigenvalue weighted by atomic mass is 10.1. The molecule has 0 saturated heterocycles. The standard InChI is InChI=1S/C18H17ClFN3/c1-12-2-4-13(5-3-12)10-23-11-22-18(17(23)9-21)15-7-6-14(20)8-16(15)19/h2-8,11H,9-10,21H2,1H3. The van der Waals surface area contributed by atoms with E-state index in [1.807, 2.05) is 4.57 Å². The molecule has 0 aliphatic rings. The second-order valence-corrected chi connectivity index (χ2v) is 5.89. The van der Waals surface area contributed by atoms with Crippen LogP contribution in [-0.2, 0) is 13.1 Å². The van der Waals surface area contributed by atoms with Crippen molar-refractivity contribution in [3.05, 3.63) is 76.5 Å². The number of hydrogen-bond acceptors (Lipinski definition) is 2. The van der Waals surface area contributed by atoms with E-state index in [1.54, 1.807) is 12.4 Å². The summed E-state index contributed by atoms with van der Waals surface area (Å²) in [7, 11) is 0. The van der Waals surface area contributed by atoms with E-state index in [1.165, 1.54) is 23.3 Å². The third kappa shape index (κ3) is 3.28. The lowest BCUT2D eigenvalue weighted by Crippen LogP contribution is -2.08. The van der Waals surface area contributed by atoms with Crippen LogP contribution in [0.2, 0.25) is 5.02 Å². The molecule has 0 bridgehead atoms. The first-order valence-corrected chi connectivity index (χ1v) is 7.71. The minimum absolute atomic E-state index is 0.328. The minimum atomic E-state index is -0.368. The van der Waals surface area contributed by atoms with Gasteiger partial charge in [-0.3, -0.25) is 0 Å². The molecule has 0 amide bonds. The lowest BCUT2D eigenvalue weighted by molar-refractivity contribution is 0.628. The molecule has 0 spiro atoms. The molecule has 23 heavy (non-hydrogen) atoms. The van der Waals surface area contributed by atoms with Crippen molar-refractivity contribution in [3.8, 4) is 11.3 Å². The fourth-order valence-corrected chi connectivity index (χ4v) is 2.81. The zero-order chi connectivity index (χ0) is 16.4. The number of rotatable bonds is 4. The zero-order valence-corrected chi connectivity index (χ0v) is 13.5. The third-order valence-corrected chi connectivity index (χ3v) is 4.11. The lowest BCUT2D eigenvalue weighted by Gasteiger charge is -2.10. The molecular formula is C18H17ClFN3. The van der Waals surface area contributed by atoms with Crippen molar-refractivity contribution < 1.29 is 4.39 Å². The molecule has 5 heteroatoms. The Morgan fingerprint density at radius 2 is 1.91 bits per heavy atom. The van der Waals surface area contributed by atoms with Crippen LogP contribution in [0, 0.1) is 12.7 Å². The number of benzene rings is 2. The van der Waals surface area contributed by atoms with E-state index in [0.29, 0.717) is 29.4 Å². The van der Waals surface area contributed by atoms with Crippen LogP contribution in [0.15, 0.2) is 48.8 Å². The smallest absolute Gasteiger partial charge is 0.124 e. The van der Waals surface area contributed by atoms with Gasteiger partial charge in [-0.2, -0.15) is 0 Å². The summed E-state index contributed by atoms with van der Waals surface area (Å²) in [6.45, 7) is 3.06. The third-order valence-electron chi connectivity index (χ3n) is 3.80. The van der Waals surface area contributed by atoms with E-state index in [2.05, 4.69) is 36.2 Å². The number of aromatic nitrogens is 2. The molecule has 1 heterocycles. The summed E-state index contributed by atoms with van der Waals surface area (Å²) in [6, 6.07) is 12.6. The van der Waals surface area contributed by atoms with Crippen molar-refractivity contribution in [1.29, 1.82) is 0 Å². The van der Waals surface area contributed by atoms with Crippen molar-refractivity contribution in [2.24, 2.45) is 5.73 Å². The van der Waals surface area contributed by atoms with E-state index < -0.39 is 0 Å². The summed E-state index contributed by atoms with van der Waals surface area (Å²) in [6.07, 6.45) is 1.75. The summed E-state index contributed by atoms with van der Waals surface area (Å²) >= 11 is 6.15. The summed E-state index contributed by atoms with van der Waals surface area (Å²) in [5.41, 5.74) is 10.6. The Morgan fingerprint density at radius 1 is 1.17 bits per heavy atom. The van der Waals surface area contributed by atoms with E-state index in [9.17, 15) is 4.39 Å². The Hall–Kier alpha value is -2.17. The first-order valence-electron chi connectivity index (χ1n) is 7.33. The van der Waals surface area contributed by atoms with Crippen LogP contribution < -0.4 is 5.73 Å².